The van der Waals surface area contributed by atoms with Gasteiger partial charge in [0.2, 0.25) is 0 Å². The normalized spacial score (nSPS) is 48.0. The first-order valence-electron chi connectivity index (χ1n) is 2.81. The summed E-state index contributed by atoms with van der Waals surface area (Å²) < 4.78 is 4.68. The molecule has 0 aliphatic carbocycles. The van der Waals surface area contributed by atoms with Crippen molar-refractivity contribution >= 4 is 12.6 Å². The number of ether oxygens (including phenoxy) is 1. The number of thiol groups is 1. The molecule has 0 spiro atoms. The van der Waals surface area contributed by atoms with Gasteiger partial charge in [0, 0.05) is 0 Å². The molecule has 1 fully saturated rings. The van der Waals surface area contributed by atoms with Gasteiger partial charge in [-0.15, -0.1) is 12.6 Å². The zero-order valence-electron chi connectivity index (χ0n) is 5.14. The summed E-state index contributed by atoms with van der Waals surface area (Å²) in [5, 5.41) is 26.7. The van der Waals surface area contributed by atoms with Crippen LogP contribution in [0.15, 0.2) is 0 Å². The summed E-state index contributed by atoms with van der Waals surface area (Å²) >= 11 is 3.71. The van der Waals surface area contributed by atoms with Crippen LogP contribution in [-0.4, -0.2) is 39.1 Å². The van der Waals surface area contributed by atoms with E-state index in [0.717, 1.165) is 6.61 Å². The van der Waals surface area contributed by atoms with E-state index in [1.165, 1.54) is 0 Å². The Morgan fingerprint density at radius 1 is 1.70 bits per heavy atom. The SMILES string of the molecule is OC[C@H]1O[CH][C@H](O)[C@@]1(O)S. The van der Waals surface area contributed by atoms with Gasteiger partial charge in [-0.3, -0.25) is 0 Å². The monoisotopic (exact) mass is 165 g/mol. The molecule has 4 nitrogen and oxygen atoms in total. The summed E-state index contributed by atoms with van der Waals surface area (Å²) in [5.74, 6) is 0. The summed E-state index contributed by atoms with van der Waals surface area (Å²) in [6.45, 7) is 0.682. The highest BCUT2D eigenvalue weighted by Gasteiger charge is 2.47. The molecular weight excluding hydrogens is 156 g/mol. The summed E-state index contributed by atoms with van der Waals surface area (Å²) in [7, 11) is 0. The molecule has 0 saturated carbocycles. The fourth-order valence-corrected chi connectivity index (χ4v) is 0.941. The van der Waals surface area contributed by atoms with Gasteiger partial charge >= 0.3 is 0 Å². The molecule has 5 heteroatoms. The maximum Gasteiger partial charge on any atom is 0.164 e. The van der Waals surface area contributed by atoms with Crippen LogP contribution in [0.2, 0.25) is 0 Å². The van der Waals surface area contributed by atoms with E-state index in [-0.39, 0.29) is 6.61 Å². The van der Waals surface area contributed by atoms with E-state index in [4.69, 9.17) is 10.2 Å². The second kappa shape index (κ2) is 2.67. The Morgan fingerprint density at radius 3 is 2.50 bits per heavy atom. The van der Waals surface area contributed by atoms with E-state index in [1.807, 2.05) is 0 Å². The molecule has 0 aromatic heterocycles. The third kappa shape index (κ3) is 1.15. The van der Waals surface area contributed by atoms with Gasteiger partial charge in [-0.25, -0.2) is 0 Å². The molecule has 0 amide bonds. The lowest BCUT2D eigenvalue weighted by atomic mass is 10.1. The zero-order valence-corrected chi connectivity index (χ0v) is 6.03. The van der Waals surface area contributed by atoms with Crippen molar-refractivity contribution in [2.45, 2.75) is 17.1 Å². The van der Waals surface area contributed by atoms with Gasteiger partial charge in [-0.05, 0) is 0 Å². The number of rotatable bonds is 1. The lowest BCUT2D eigenvalue weighted by molar-refractivity contribution is -0.0259. The van der Waals surface area contributed by atoms with Gasteiger partial charge in [-0.1, -0.05) is 0 Å². The highest BCUT2D eigenvalue weighted by Crippen LogP contribution is 2.31. The van der Waals surface area contributed by atoms with E-state index in [1.54, 1.807) is 0 Å². The summed E-state index contributed by atoms with van der Waals surface area (Å²) in [6, 6.07) is 0. The Morgan fingerprint density at radius 2 is 2.30 bits per heavy atom. The van der Waals surface area contributed by atoms with Gasteiger partial charge in [0.05, 0.1) is 6.61 Å². The minimum atomic E-state index is -1.66. The Labute approximate surface area is 63.8 Å². The average Bonchev–Trinajstić information content (AvgIpc) is 2.10. The molecular formula is C5H9O4S. The van der Waals surface area contributed by atoms with Crippen molar-refractivity contribution in [1.82, 2.24) is 0 Å². The predicted molar refractivity (Wildman–Crippen MR) is 36.2 cm³/mol. The minimum Gasteiger partial charge on any atom is -0.394 e. The maximum absolute atomic E-state index is 9.22. The third-order valence-corrected chi connectivity index (χ3v) is 2.00. The summed E-state index contributed by atoms with van der Waals surface area (Å²) in [6.07, 6.45) is -1.99. The van der Waals surface area contributed by atoms with Crippen LogP contribution in [0.5, 0.6) is 0 Å². The zero-order chi connectivity index (χ0) is 7.78. The molecule has 0 aromatic carbocycles. The Bertz CT molecular complexity index is 127. The minimum absolute atomic E-state index is 0.367. The molecule has 3 atom stereocenters. The van der Waals surface area contributed by atoms with Crippen molar-refractivity contribution in [3.8, 4) is 0 Å². The van der Waals surface area contributed by atoms with Gasteiger partial charge in [0.1, 0.15) is 18.8 Å². The molecule has 3 N–H and O–H groups in total. The van der Waals surface area contributed by atoms with Crippen molar-refractivity contribution < 1.29 is 20.1 Å². The fraction of sp³-hybridized carbons (Fsp3) is 0.800. The molecule has 0 aromatic rings. The van der Waals surface area contributed by atoms with E-state index >= 15 is 0 Å². The van der Waals surface area contributed by atoms with Crippen molar-refractivity contribution in [2.75, 3.05) is 6.61 Å². The van der Waals surface area contributed by atoms with Crippen molar-refractivity contribution in [1.29, 1.82) is 0 Å². The third-order valence-electron chi connectivity index (χ3n) is 1.45. The van der Waals surface area contributed by atoms with Crippen LogP contribution < -0.4 is 0 Å². The van der Waals surface area contributed by atoms with Crippen LogP contribution in [0.1, 0.15) is 0 Å². The van der Waals surface area contributed by atoms with Gasteiger partial charge in [-0.2, -0.15) is 0 Å². The van der Waals surface area contributed by atoms with E-state index in [9.17, 15) is 5.11 Å². The van der Waals surface area contributed by atoms with Crippen LogP contribution >= 0.6 is 12.6 Å². The second-order valence-corrected chi connectivity index (χ2v) is 2.89. The summed E-state index contributed by atoms with van der Waals surface area (Å²) in [4.78, 5) is -1.66. The smallest absolute Gasteiger partial charge is 0.164 e. The van der Waals surface area contributed by atoms with Gasteiger partial charge < -0.3 is 20.1 Å². The quantitative estimate of drug-likeness (QED) is 0.282. The van der Waals surface area contributed by atoms with Gasteiger partial charge in [0.25, 0.3) is 0 Å². The lowest BCUT2D eigenvalue weighted by Gasteiger charge is -2.23. The molecule has 10 heavy (non-hydrogen) atoms. The Hall–Kier alpha value is 0.190. The first-order chi connectivity index (χ1) is 4.59. The largest absolute Gasteiger partial charge is 0.394 e. The van der Waals surface area contributed by atoms with Gasteiger partial charge in [0.15, 0.2) is 4.93 Å². The second-order valence-electron chi connectivity index (χ2n) is 2.17. The fourth-order valence-electron chi connectivity index (χ4n) is 0.737. The van der Waals surface area contributed by atoms with E-state index < -0.39 is 17.1 Å². The average molecular weight is 165 g/mol. The topological polar surface area (TPSA) is 69.9 Å². The molecule has 1 rings (SSSR count). The van der Waals surface area contributed by atoms with Crippen LogP contribution in [0.4, 0.5) is 0 Å². The number of aliphatic hydroxyl groups excluding tert-OH is 2. The molecule has 0 bridgehead atoms. The van der Waals surface area contributed by atoms with Crippen molar-refractivity contribution in [2.24, 2.45) is 0 Å². The molecule has 59 valence electrons. The maximum atomic E-state index is 9.22. The number of hydrogen-bond donors (Lipinski definition) is 4. The number of hydrogen-bond acceptors (Lipinski definition) is 5. The summed E-state index contributed by atoms with van der Waals surface area (Å²) in [5.41, 5.74) is 0. The molecule has 1 aliphatic heterocycles. The molecule has 0 unspecified atom stereocenters. The van der Waals surface area contributed by atoms with E-state index in [2.05, 4.69) is 17.4 Å². The number of aliphatic hydroxyl groups is 3. The Balaban J connectivity index is 2.64. The first kappa shape index (κ1) is 8.29. The molecule has 1 heterocycles. The predicted octanol–water partition coefficient (Wildman–Crippen LogP) is -1.48. The van der Waals surface area contributed by atoms with Crippen LogP contribution in [0, 0.1) is 6.61 Å². The lowest BCUT2D eigenvalue weighted by Crippen LogP contribution is -2.42. The molecule has 1 aliphatic rings. The van der Waals surface area contributed by atoms with E-state index in [0.29, 0.717) is 0 Å². The van der Waals surface area contributed by atoms with Crippen molar-refractivity contribution in [3.05, 3.63) is 6.61 Å². The first-order valence-corrected chi connectivity index (χ1v) is 3.26. The van der Waals surface area contributed by atoms with Crippen LogP contribution in [0.25, 0.3) is 0 Å². The van der Waals surface area contributed by atoms with Crippen molar-refractivity contribution in [3.63, 3.8) is 0 Å². The highest BCUT2D eigenvalue weighted by atomic mass is 32.1. The molecule has 1 saturated heterocycles. The highest BCUT2D eigenvalue weighted by molar-refractivity contribution is 7.81. The standard InChI is InChI=1S/C5H9O4S/c6-1-4-5(8,10)3(7)2-9-4/h2-4,6-8,10H,1H2/t3-,4+,5+/m0/s1. The molecule has 1 radical (unpaired) electrons. The Kier molecular flexibility index (Phi) is 2.21. The van der Waals surface area contributed by atoms with Crippen LogP contribution in [-0.2, 0) is 4.74 Å². The van der Waals surface area contributed by atoms with Crippen LogP contribution in [0.3, 0.4) is 0 Å².